The van der Waals surface area contributed by atoms with Crippen LogP contribution in [0.15, 0.2) is 36.7 Å². The van der Waals surface area contributed by atoms with Crippen molar-refractivity contribution in [3.8, 4) is 11.5 Å². The lowest BCUT2D eigenvalue weighted by Gasteiger charge is -2.35. The van der Waals surface area contributed by atoms with E-state index >= 15 is 0 Å². The third-order valence-electron chi connectivity index (χ3n) is 5.27. The Hall–Kier alpha value is -3.36. The Labute approximate surface area is 175 Å². The summed E-state index contributed by atoms with van der Waals surface area (Å²) < 4.78 is 12.9. The molecule has 0 atom stereocenters. The van der Waals surface area contributed by atoms with Crippen LogP contribution in [-0.4, -0.2) is 70.3 Å². The Bertz CT molecular complexity index is 1030. The highest BCUT2D eigenvalue weighted by molar-refractivity contribution is 5.78. The minimum Gasteiger partial charge on any atom is -0.493 e. The molecule has 2 aromatic heterocycles. The van der Waals surface area contributed by atoms with E-state index in [2.05, 4.69) is 40.0 Å². The van der Waals surface area contributed by atoms with Crippen LogP contribution in [-0.2, 0) is 4.79 Å². The topological polar surface area (TPSA) is 85.1 Å². The Morgan fingerprint density at radius 3 is 2.57 bits per heavy atom. The normalized spacial score (nSPS) is 14.4. The first kappa shape index (κ1) is 19.9. The number of anilines is 1. The predicted molar refractivity (Wildman–Crippen MR) is 112 cm³/mol. The maximum absolute atomic E-state index is 12.6. The van der Waals surface area contributed by atoms with Gasteiger partial charge < -0.3 is 19.3 Å². The number of carbonyl (C=O) groups excluding carboxylic acids is 1. The van der Waals surface area contributed by atoms with E-state index in [0.717, 1.165) is 11.5 Å². The number of rotatable bonds is 6. The van der Waals surface area contributed by atoms with Crippen molar-refractivity contribution in [3.05, 3.63) is 42.4 Å². The van der Waals surface area contributed by atoms with E-state index < -0.39 is 0 Å². The minimum absolute atomic E-state index is 0.0121. The summed E-state index contributed by atoms with van der Waals surface area (Å²) in [6.45, 7) is 6.90. The molecule has 0 aliphatic carbocycles. The summed E-state index contributed by atoms with van der Waals surface area (Å²) in [6, 6.07) is 9.41. The molecule has 0 saturated carbocycles. The highest BCUT2D eigenvalue weighted by Crippen LogP contribution is 2.26. The fourth-order valence-electron chi connectivity index (χ4n) is 3.58. The van der Waals surface area contributed by atoms with Gasteiger partial charge in [0.05, 0.1) is 7.11 Å². The van der Waals surface area contributed by atoms with Crippen molar-refractivity contribution in [2.24, 2.45) is 0 Å². The number of aromatic nitrogens is 4. The molecule has 1 aliphatic rings. The second-order valence-corrected chi connectivity index (χ2v) is 7.50. The van der Waals surface area contributed by atoms with Gasteiger partial charge in [-0.15, -0.1) is 10.2 Å². The van der Waals surface area contributed by atoms with Crippen LogP contribution >= 0.6 is 0 Å². The number of hydrogen-bond acceptors (Lipinski definition) is 7. The van der Waals surface area contributed by atoms with E-state index in [1.807, 2.05) is 27.5 Å². The van der Waals surface area contributed by atoms with Gasteiger partial charge in [-0.1, -0.05) is 26.0 Å². The number of carbonyl (C=O) groups is 1. The third-order valence-corrected chi connectivity index (χ3v) is 5.27. The van der Waals surface area contributed by atoms with Gasteiger partial charge in [0.25, 0.3) is 11.7 Å². The summed E-state index contributed by atoms with van der Waals surface area (Å²) in [7, 11) is 1.58. The molecule has 30 heavy (non-hydrogen) atoms. The van der Waals surface area contributed by atoms with Crippen LogP contribution < -0.4 is 14.4 Å². The minimum atomic E-state index is -0.0377. The summed E-state index contributed by atoms with van der Waals surface area (Å²) in [5, 5.41) is 8.09. The number of piperazine rings is 1. The van der Waals surface area contributed by atoms with Gasteiger partial charge in [-0.05, 0) is 18.1 Å². The van der Waals surface area contributed by atoms with E-state index in [4.69, 9.17) is 9.47 Å². The first-order valence-electron chi connectivity index (χ1n) is 10.1. The highest BCUT2D eigenvalue weighted by Gasteiger charge is 2.24. The number of para-hydroxylation sites is 2. The standard InChI is InChI=1S/C21H26N6O3/c1-15(2)16-12-19(23-21-24-22-14-27(16)21)25-8-10-26(11-9-25)20(28)13-30-18-7-5-4-6-17(18)29-3/h4-7,12,14-15H,8-11,13H2,1-3H3. The third kappa shape index (κ3) is 4.00. The molecule has 3 aromatic rings. The zero-order valence-electron chi connectivity index (χ0n) is 17.5. The molecular formula is C21H26N6O3. The average Bonchev–Trinajstić information content (AvgIpc) is 3.25. The van der Waals surface area contributed by atoms with E-state index in [1.54, 1.807) is 19.5 Å². The second-order valence-electron chi connectivity index (χ2n) is 7.50. The Balaban J connectivity index is 1.38. The quantitative estimate of drug-likeness (QED) is 0.614. The van der Waals surface area contributed by atoms with Gasteiger partial charge in [0.1, 0.15) is 12.1 Å². The number of ether oxygens (including phenoxy) is 2. The van der Waals surface area contributed by atoms with E-state index in [-0.39, 0.29) is 12.5 Å². The number of hydrogen-bond donors (Lipinski definition) is 0. The van der Waals surface area contributed by atoms with Gasteiger partial charge in [0.15, 0.2) is 18.1 Å². The molecule has 0 spiro atoms. The van der Waals surface area contributed by atoms with Crippen molar-refractivity contribution in [1.82, 2.24) is 24.5 Å². The van der Waals surface area contributed by atoms with Gasteiger partial charge in [0, 0.05) is 37.9 Å². The predicted octanol–water partition coefficient (Wildman–Crippen LogP) is 1.98. The Kier molecular flexibility index (Phi) is 5.69. The van der Waals surface area contributed by atoms with Crippen molar-refractivity contribution in [1.29, 1.82) is 0 Å². The first-order chi connectivity index (χ1) is 14.6. The molecule has 0 N–H and O–H groups in total. The second kappa shape index (κ2) is 8.56. The van der Waals surface area contributed by atoms with Crippen LogP contribution in [0.25, 0.3) is 5.78 Å². The first-order valence-corrected chi connectivity index (χ1v) is 10.1. The summed E-state index contributed by atoms with van der Waals surface area (Å²) in [5.74, 6) is 2.94. The molecule has 1 aromatic carbocycles. The Morgan fingerprint density at radius 1 is 1.13 bits per heavy atom. The van der Waals surface area contributed by atoms with Crippen molar-refractivity contribution in [2.75, 3.05) is 44.8 Å². The smallest absolute Gasteiger partial charge is 0.260 e. The van der Waals surface area contributed by atoms with Gasteiger partial charge in [-0.3, -0.25) is 9.20 Å². The average molecular weight is 410 g/mol. The molecule has 1 fully saturated rings. The summed E-state index contributed by atoms with van der Waals surface area (Å²) in [4.78, 5) is 21.3. The van der Waals surface area contributed by atoms with Crippen LogP contribution in [0.2, 0.25) is 0 Å². The van der Waals surface area contributed by atoms with Gasteiger partial charge >= 0.3 is 0 Å². The van der Waals surface area contributed by atoms with Crippen molar-refractivity contribution in [2.45, 2.75) is 19.8 Å². The van der Waals surface area contributed by atoms with Crippen LogP contribution in [0.4, 0.5) is 5.82 Å². The van der Waals surface area contributed by atoms with Crippen molar-refractivity contribution < 1.29 is 14.3 Å². The molecule has 0 radical (unpaired) electrons. The van der Waals surface area contributed by atoms with E-state index in [9.17, 15) is 4.79 Å². The SMILES string of the molecule is COc1ccccc1OCC(=O)N1CCN(c2cc(C(C)C)n3cnnc3n2)CC1. The van der Waals surface area contributed by atoms with Gasteiger partial charge in [-0.25, -0.2) is 0 Å². The van der Waals surface area contributed by atoms with E-state index in [0.29, 0.717) is 49.4 Å². The molecule has 1 aliphatic heterocycles. The maximum Gasteiger partial charge on any atom is 0.260 e. The molecule has 158 valence electrons. The van der Waals surface area contributed by atoms with Crippen LogP contribution in [0.3, 0.4) is 0 Å². The fourth-order valence-corrected chi connectivity index (χ4v) is 3.58. The molecule has 3 heterocycles. The lowest BCUT2D eigenvalue weighted by atomic mass is 10.1. The zero-order valence-corrected chi connectivity index (χ0v) is 17.5. The van der Waals surface area contributed by atoms with Crippen LogP contribution in [0.5, 0.6) is 11.5 Å². The zero-order chi connectivity index (χ0) is 21.1. The Morgan fingerprint density at radius 2 is 1.87 bits per heavy atom. The lowest BCUT2D eigenvalue weighted by molar-refractivity contribution is -0.133. The lowest BCUT2D eigenvalue weighted by Crippen LogP contribution is -2.50. The van der Waals surface area contributed by atoms with Crippen molar-refractivity contribution in [3.63, 3.8) is 0 Å². The molecule has 0 bridgehead atoms. The molecule has 9 nitrogen and oxygen atoms in total. The molecule has 0 unspecified atom stereocenters. The van der Waals surface area contributed by atoms with Gasteiger partial charge in [-0.2, -0.15) is 4.98 Å². The summed E-state index contributed by atoms with van der Waals surface area (Å²) in [6.07, 6.45) is 1.69. The maximum atomic E-state index is 12.6. The highest BCUT2D eigenvalue weighted by atomic mass is 16.5. The molecule has 1 saturated heterocycles. The van der Waals surface area contributed by atoms with E-state index in [1.165, 1.54) is 0 Å². The van der Waals surface area contributed by atoms with Crippen LogP contribution in [0, 0.1) is 0 Å². The number of amides is 1. The number of fused-ring (bicyclic) bond motifs is 1. The molecule has 4 rings (SSSR count). The number of benzene rings is 1. The largest absolute Gasteiger partial charge is 0.493 e. The summed E-state index contributed by atoms with van der Waals surface area (Å²) >= 11 is 0. The van der Waals surface area contributed by atoms with Gasteiger partial charge in [0.2, 0.25) is 0 Å². The number of nitrogens with zero attached hydrogens (tertiary/aromatic N) is 6. The fraction of sp³-hybridized carbons (Fsp3) is 0.429. The molecular weight excluding hydrogens is 384 g/mol. The monoisotopic (exact) mass is 410 g/mol. The van der Waals surface area contributed by atoms with Crippen LogP contribution in [0.1, 0.15) is 25.5 Å². The van der Waals surface area contributed by atoms with Crippen molar-refractivity contribution >= 4 is 17.5 Å². The molecule has 1 amide bonds. The molecule has 9 heteroatoms. The summed E-state index contributed by atoms with van der Waals surface area (Å²) in [5.41, 5.74) is 1.11. The number of methoxy groups -OCH3 is 1.